The van der Waals surface area contributed by atoms with Crippen molar-refractivity contribution in [3.63, 3.8) is 0 Å². The van der Waals surface area contributed by atoms with Gasteiger partial charge < -0.3 is 5.32 Å². The molecule has 1 amide bonds. The van der Waals surface area contributed by atoms with E-state index in [1.54, 1.807) is 0 Å². The van der Waals surface area contributed by atoms with Crippen molar-refractivity contribution in [2.45, 2.75) is 25.8 Å². The van der Waals surface area contributed by atoms with Gasteiger partial charge in [-0.15, -0.1) is 11.6 Å². The molecule has 2 nitrogen and oxygen atoms in total. The number of alkyl halides is 1. The molecule has 20 heavy (non-hydrogen) atoms. The molecule has 0 saturated heterocycles. The summed E-state index contributed by atoms with van der Waals surface area (Å²) in [5.74, 6) is 0.486. The van der Waals surface area contributed by atoms with Crippen molar-refractivity contribution in [1.29, 1.82) is 0 Å². The van der Waals surface area contributed by atoms with E-state index >= 15 is 0 Å². The number of carbonyl (C=O) groups is 1. The van der Waals surface area contributed by atoms with Crippen LogP contribution in [0.25, 0.3) is 0 Å². The first-order chi connectivity index (χ1) is 9.74. The Balaban J connectivity index is 2.01. The molecule has 0 aliphatic carbocycles. The van der Waals surface area contributed by atoms with E-state index in [0.717, 1.165) is 28.7 Å². The largest absolute Gasteiger partial charge is 0.348 e. The first-order valence-electron chi connectivity index (χ1n) is 6.74. The summed E-state index contributed by atoms with van der Waals surface area (Å²) in [4.78, 5) is 12.2. The lowest BCUT2D eigenvalue weighted by Crippen LogP contribution is -2.23. The van der Waals surface area contributed by atoms with Gasteiger partial charge in [-0.1, -0.05) is 49.4 Å². The number of hydrogen-bond donors (Lipinski definition) is 1. The number of amides is 1. The fourth-order valence-corrected chi connectivity index (χ4v) is 2.25. The average molecular weight is 288 g/mol. The van der Waals surface area contributed by atoms with Crippen LogP contribution in [0.15, 0.2) is 48.5 Å². The van der Waals surface area contributed by atoms with Crippen LogP contribution < -0.4 is 5.32 Å². The Kier molecular flexibility index (Phi) is 5.19. The summed E-state index contributed by atoms with van der Waals surface area (Å²) < 4.78 is 0. The quantitative estimate of drug-likeness (QED) is 0.830. The summed E-state index contributed by atoms with van der Waals surface area (Å²) in [6.45, 7) is 2.58. The molecule has 2 aromatic carbocycles. The Morgan fingerprint density at radius 3 is 2.35 bits per heavy atom. The van der Waals surface area contributed by atoms with Gasteiger partial charge in [0.15, 0.2) is 0 Å². The maximum Gasteiger partial charge on any atom is 0.251 e. The standard InChI is InChI=1S/C17H18ClNO/c1-2-15-5-3-4-6-16(15)17(20)19-12-14-9-7-13(11-18)8-10-14/h3-10H,2,11-12H2,1H3,(H,19,20). The van der Waals surface area contributed by atoms with Crippen molar-refractivity contribution in [3.8, 4) is 0 Å². The second-order valence-corrected chi connectivity index (χ2v) is 4.91. The Morgan fingerprint density at radius 1 is 1.05 bits per heavy atom. The molecule has 0 atom stereocenters. The summed E-state index contributed by atoms with van der Waals surface area (Å²) in [5.41, 5.74) is 3.98. The highest BCUT2D eigenvalue weighted by Gasteiger charge is 2.08. The van der Waals surface area contributed by atoms with Crippen LogP contribution in [0.3, 0.4) is 0 Å². The highest BCUT2D eigenvalue weighted by atomic mass is 35.5. The monoisotopic (exact) mass is 287 g/mol. The number of halogens is 1. The van der Waals surface area contributed by atoms with Crippen molar-refractivity contribution in [2.75, 3.05) is 0 Å². The van der Waals surface area contributed by atoms with Crippen LogP contribution in [0.4, 0.5) is 0 Å². The molecule has 0 bridgehead atoms. The third-order valence-corrected chi connectivity index (χ3v) is 3.58. The molecular weight excluding hydrogens is 270 g/mol. The zero-order valence-corrected chi connectivity index (χ0v) is 12.3. The van der Waals surface area contributed by atoms with Crippen molar-refractivity contribution in [3.05, 3.63) is 70.8 Å². The summed E-state index contributed by atoms with van der Waals surface area (Å²) in [5, 5.41) is 2.96. The number of aryl methyl sites for hydroxylation is 1. The van der Waals surface area contributed by atoms with Crippen LogP contribution >= 0.6 is 11.6 Å². The van der Waals surface area contributed by atoms with Gasteiger partial charge in [0.2, 0.25) is 0 Å². The molecule has 2 aromatic rings. The number of nitrogens with one attached hydrogen (secondary N) is 1. The summed E-state index contributed by atoms with van der Waals surface area (Å²) in [6.07, 6.45) is 0.855. The van der Waals surface area contributed by atoms with Crippen LogP contribution in [0.1, 0.15) is 34.0 Å². The summed E-state index contributed by atoms with van der Waals surface area (Å²) in [7, 11) is 0. The van der Waals surface area contributed by atoms with E-state index in [0.29, 0.717) is 12.4 Å². The third kappa shape index (κ3) is 3.61. The molecule has 104 valence electrons. The molecule has 0 radical (unpaired) electrons. The van der Waals surface area contributed by atoms with Gasteiger partial charge in [0.05, 0.1) is 0 Å². The van der Waals surface area contributed by atoms with Crippen molar-refractivity contribution in [1.82, 2.24) is 5.32 Å². The maximum absolute atomic E-state index is 12.2. The molecule has 2 rings (SSSR count). The molecule has 1 N–H and O–H groups in total. The molecule has 3 heteroatoms. The first-order valence-corrected chi connectivity index (χ1v) is 7.28. The lowest BCUT2D eigenvalue weighted by atomic mass is 10.0. The van der Waals surface area contributed by atoms with Gasteiger partial charge in [-0.3, -0.25) is 4.79 Å². The Labute approximate surface area is 124 Å². The Hall–Kier alpha value is -1.80. The molecule has 0 aromatic heterocycles. The van der Waals surface area contributed by atoms with Gasteiger partial charge in [-0.25, -0.2) is 0 Å². The van der Waals surface area contributed by atoms with Crippen LogP contribution in [-0.2, 0) is 18.8 Å². The molecule has 0 aliphatic heterocycles. The fourth-order valence-electron chi connectivity index (χ4n) is 2.07. The van der Waals surface area contributed by atoms with Gasteiger partial charge in [0.25, 0.3) is 5.91 Å². The van der Waals surface area contributed by atoms with Crippen LogP contribution in [0, 0.1) is 0 Å². The topological polar surface area (TPSA) is 29.1 Å². The van der Waals surface area contributed by atoms with E-state index < -0.39 is 0 Å². The van der Waals surface area contributed by atoms with E-state index in [1.165, 1.54) is 0 Å². The molecule has 0 aliphatic rings. The Morgan fingerprint density at radius 2 is 1.70 bits per heavy atom. The van der Waals surface area contributed by atoms with Crippen LogP contribution in [0.2, 0.25) is 0 Å². The molecule has 0 fully saturated rings. The maximum atomic E-state index is 12.2. The minimum Gasteiger partial charge on any atom is -0.348 e. The van der Waals surface area contributed by atoms with Gasteiger partial charge >= 0.3 is 0 Å². The number of hydrogen-bond acceptors (Lipinski definition) is 1. The van der Waals surface area contributed by atoms with E-state index in [2.05, 4.69) is 12.2 Å². The van der Waals surface area contributed by atoms with Gasteiger partial charge in [0, 0.05) is 18.0 Å². The predicted octanol–water partition coefficient (Wildman–Crippen LogP) is 3.92. The summed E-state index contributed by atoms with van der Waals surface area (Å²) in [6, 6.07) is 15.6. The second kappa shape index (κ2) is 7.11. The first kappa shape index (κ1) is 14.6. The van der Waals surface area contributed by atoms with E-state index in [4.69, 9.17) is 11.6 Å². The molecule has 0 unspecified atom stereocenters. The van der Waals surface area contributed by atoms with E-state index in [9.17, 15) is 4.79 Å². The smallest absolute Gasteiger partial charge is 0.251 e. The zero-order chi connectivity index (χ0) is 14.4. The molecular formula is C17H18ClNO. The number of carbonyl (C=O) groups excluding carboxylic acids is 1. The van der Waals surface area contributed by atoms with Gasteiger partial charge in [-0.2, -0.15) is 0 Å². The van der Waals surface area contributed by atoms with E-state index in [1.807, 2.05) is 48.5 Å². The zero-order valence-electron chi connectivity index (χ0n) is 11.5. The minimum absolute atomic E-state index is 0.0242. The SMILES string of the molecule is CCc1ccccc1C(=O)NCc1ccc(CCl)cc1. The Bertz CT molecular complexity index is 578. The highest BCUT2D eigenvalue weighted by Crippen LogP contribution is 2.10. The molecule has 0 saturated carbocycles. The molecule has 0 heterocycles. The fraction of sp³-hybridized carbons (Fsp3) is 0.235. The summed E-state index contributed by atoms with van der Waals surface area (Å²) >= 11 is 5.75. The van der Waals surface area contributed by atoms with Crippen LogP contribution in [0.5, 0.6) is 0 Å². The lowest BCUT2D eigenvalue weighted by Gasteiger charge is -2.09. The number of rotatable bonds is 5. The molecule has 0 spiro atoms. The van der Waals surface area contributed by atoms with Gasteiger partial charge in [0.1, 0.15) is 0 Å². The van der Waals surface area contributed by atoms with Gasteiger partial charge in [-0.05, 0) is 29.2 Å². The van der Waals surface area contributed by atoms with Crippen molar-refractivity contribution >= 4 is 17.5 Å². The minimum atomic E-state index is -0.0242. The second-order valence-electron chi connectivity index (χ2n) is 4.64. The predicted molar refractivity (Wildman–Crippen MR) is 83.0 cm³/mol. The average Bonchev–Trinajstić information content (AvgIpc) is 2.53. The normalized spacial score (nSPS) is 10.3. The van der Waals surface area contributed by atoms with Crippen molar-refractivity contribution < 1.29 is 4.79 Å². The highest BCUT2D eigenvalue weighted by molar-refractivity contribution is 6.17. The van der Waals surface area contributed by atoms with Crippen molar-refractivity contribution in [2.24, 2.45) is 0 Å². The third-order valence-electron chi connectivity index (χ3n) is 3.27. The van der Waals surface area contributed by atoms with E-state index in [-0.39, 0.29) is 5.91 Å². The lowest BCUT2D eigenvalue weighted by molar-refractivity contribution is 0.0950. The number of benzene rings is 2. The van der Waals surface area contributed by atoms with Crippen LogP contribution in [-0.4, -0.2) is 5.91 Å².